The van der Waals surface area contributed by atoms with E-state index in [2.05, 4.69) is 6.92 Å². The average Bonchev–Trinajstić information content (AvgIpc) is 2.23. The van der Waals surface area contributed by atoms with Crippen LogP contribution in [0.15, 0.2) is 0 Å². The molecule has 2 heteroatoms. The van der Waals surface area contributed by atoms with E-state index in [1.807, 2.05) is 0 Å². The van der Waals surface area contributed by atoms with Crippen molar-refractivity contribution in [2.75, 3.05) is 0 Å². The molecular weight excluding hydrogens is 86.9 g/mol. The van der Waals surface area contributed by atoms with E-state index >= 15 is 0 Å². The van der Waals surface area contributed by atoms with Gasteiger partial charge in [0.05, 0.1) is 0 Å². The summed E-state index contributed by atoms with van der Waals surface area (Å²) in [6, 6.07) is 0.690. The standard InChI is InChI=1S/C5H9BO/c1-3-2-4(3)5-6-7-5/h3-6H,2H2,1H3/t3?,4-,5?/m1/s1. The van der Waals surface area contributed by atoms with Crippen LogP contribution in [0.4, 0.5) is 0 Å². The molecule has 0 aromatic heterocycles. The van der Waals surface area contributed by atoms with Gasteiger partial charge in [0.2, 0.25) is 0 Å². The van der Waals surface area contributed by atoms with E-state index in [1.165, 1.54) is 6.42 Å². The second kappa shape index (κ2) is 1.05. The highest BCUT2D eigenvalue weighted by Crippen LogP contribution is 2.44. The van der Waals surface area contributed by atoms with E-state index in [0.717, 1.165) is 19.3 Å². The van der Waals surface area contributed by atoms with Crippen molar-refractivity contribution in [3.63, 3.8) is 0 Å². The summed E-state index contributed by atoms with van der Waals surface area (Å²) in [5.74, 6) is 1.94. The Balaban J connectivity index is 1.88. The van der Waals surface area contributed by atoms with Gasteiger partial charge in [0.1, 0.15) is 0 Å². The maximum atomic E-state index is 5.10. The van der Waals surface area contributed by atoms with E-state index in [-0.39, 0.29) is 0 Å². The fourth-order valence-corrected chi connectivity index (χ4v) is 1.17. The molecule has 1 saturated heterocycles. The minimum Gasteiger partial charge on any atom is -0.438 e. The van der Waals surface area contributed by atoms with Crippen molar-refractivity contribution in [2.24, 2.45) is 11.8 Å². The number of hydrogen-bond acceptors (Lipinski definition) is 1. The Labute approximate surface area is 44.3 Å². The monoisotopic (exact) mass is 96.1 g/mol. The Kier molecular flexibility index (Phi) is 0.595. The van der Waals surface area contributed by atoms with Crippen LogP contribution >= 0.6 is 0 Å². The molecule has 0 radical (unpaired) electrons. The molecule has 2 rings (SSSR count). The van der Waals surface area contributed by atoms with E-state index in [4.69, 9.17) is 4.65 Å². The molecule has 1 aliphatic carbocycles. The van der Waals surface area contributed by atoms with Gasteiger partial charge in [-0.05, 0) is 18.3 Å². The van der Waals surface area contributed by atoms with Crippen molar-refractivity contribution >= 4 is 7.48 Å². The van der Waals surface area contributed by atoms with Crippen molar-refractivity contribution in [1.29, 1.82) is 0 Å². The van der Waals surface area contributed by atoms with E-state index in [9.17, 15) is 0 Å². The third kappa shape index (κ3) is 0.575. The maximum absolute atomic E-state index is 5.10. The van der Waals surface area contributed by atoms with Crippen LogP contribution in [0.5, 0.6) is 0 Å². The lowest BCUT2D eigenvalue weighted by Gasteiger charge is -1.81. The lowest BCUT2D eigenvalue weighted by atomic mass is 9.99. The zero-order chi connectivity index (χ0) is 4.85. The van der Waals surface area contributed by atoms with Crippen LogP contribution in [0.25, 0.3) is 0 Å². The summed E-state index contributed by atoms with van der Waals surface area (Å²) in [5.41, 5.74) is 0. The van der Waals surface area contributed by atoms with Crippen molar-refractivity contribution in [1.82, 2.24) is 0 Å². The number of hydrogen-bond donors (Lipinski definition) is 0. The second-order valence-corrected chi connectivity index (χ2v) is 2.75. The van der Waals surface area contributed by atoms with Gasteiger partial charge in [0.15, 0.2) is 0 Å². The molecule has 3 atom stereocenters. The molecule has 2 fully saturated rings. The van der Waals surface area contributed by atoms with Crippen molar-refractivity contribution in [3.05, 3.63) is 0 Å². The molecular formula is C5H9BO. The van der Waals surface area contributed by atoms with Gasteiger partial charge in [-0.2, -0.15) is 0 Å². The quantitative estimate of drug-likeness (QED) is 0.339. The predicted molar refractivity (Wildman–Crippen MR) is 29.3 cm³/mol. The summed E-state index contributed by atoms with van der Waals surface area (Å²) in [7, 11) is 1.05. The fraction of sp³-hybridized carbons (Fsp3) is 1.00. The normalized spacial score (nSPS) is 55.9. The average molecular weight is 95.9 g/mol. The highest BCUT2D eigenvalue weighted by atomic mass is 16.5. The first kappa shape index (κ1) is 3.96. The molecule has 2 aliphatic rings. The third-order valence-electron chi connectivity index (χ3n) is 2.01. The van der Waals surface area contributed by atoms with Gasteiger partial charge >= 0.3 is 7.48 Å². The molecule has 7 heavy (non-hydrogen) atoms. The van der Waals surface area contributed by atoms with E-state index in [0.29, 0.717) is 6.00 Å². The summed E-state index contributed by atoms with van der Waals surface area (Å²) in [4.78, 5) is 0. The first-order valence-corrected chi connectivity index (χ1v) is 2.99. The highest BCUT2D eigenvalue weighted by molar-refractivity contribution is 6.39. The second-order valence-electron chi connectivity index (χ2n) is 2.75. The molecule has 1 heterocycles. The summed E-state index contributed by atoms with van der Waals surface area (Å²) >= 11 is 0. The minimum atomic E-state index is 0.690. The van der Waals surface area contributed by atoms with Gasteiger partial charge in [-0.25, -0.2) is 0 Å². The van der Waals surface area contributed by atoms with Crippen LogP contribution in [-0.2, 0) is 4.65 Å². The first-order valence-electron chi connectivity index (χ1n) is 2.99. The van der Waals surface area contributed by atoms with Gasteiger partial charge in [0.25, 0.3) is 0 Å². The third-order valence-corrected chi connectivity index (χ3v) is 2.01. The van der Waals surface area contributed by atoms with Crippen molar-refractivity contribution in [3.8, 4) is 0 Å². The van der Waals surface area contributed by atoms with E-state index in [1.54, 1.807) is 0 Å². The molecule has 0 spiro atoms. The van der Waals surface area contributed by atoms with Gasteiger partial charge in [0, 0.05) is 6.00 Å². The zero-order valence-electron chi connectivity index (χ0n) is 4.55. The van der Waals surface area contributed by atoms with Gasteiger partial charge in [-0.15, -0.1) is 0 Å². The SMILES string of the molecule is CC1C[C@H]1C1BO1. The van der Waals surface area contributed by atoms with Crippen molar-refractivity contribution in [2.45, 2.75) is 19.3 Å². The van der Waals surface area contributed by atoms with Crippen LogP contribution in [0.2, 0.25) is 0 Å². The van der Waals surface area contributed by atoms with Crippen LogP contribution < -0.4 is 0 Å². The topological polar surface area (TPSA) is 12.5 Å². The van der Waals surface area contributed by atoms with Gasteiger partial charge in [-0.3, -0.25) is 0 Å². The molecule has 1 saturated carbocycles. The summed E-state index contributed by atoms with van der Waals surface area (Å²) in [6.07, 6.45) is 1.42. The van der Waals surface area contributed by atoms with E-state index < -0.39 is 0 Å². The summed E-state index contributed by atoms with van der Waals surface area (Å²) in [6.45, 7) is 2.30. The largest absolute Gasteiger partial charge is 0.438 e. The Morgan fingerprint density at radius 2 is 2.29 bits per heavy atom. The lowest BCUT2D eigenvalue weighted by Crippen LogP contribution is -1.88. The summed E-state index contributed by atoms with van der Waals surface area (Å²) < 4.78 is 5.10. The molecule has 0 N–H and O–H groups in total. The smallest absolute Gasteiger partial charge is 0.302 e. The Bertz CT molecular complexity index is 90.1. The number of rotatable bonds is 1. The summed E-state index contributed by atoms with van der Waals surface area (Å²) in [5, 5.41) is 0. The maximum Gasteiger partial charge on any atom is 0.302 e. The molecule has 2 unspecified atom stereocenters. The molecule has 1 aliphatic heterocycles. The predicted octanol–water partition coefficient (Wildman–Crippen LogP) is 0.350. The molecule has 38 valence electrons. The van der Waals surface area contributed by atoms with Crippen molar-refractivity contribution < 1.29 is 4.65 Å². The molecule has 1 nitrogen and oxygen atoms in total. The fourth-order valence-electron chi connectivity index (χ4n) is 1.17. The van der Waals surface area contributed by atoms with Crippen LogP contribution in [0, 0.1) is 11.8 Å². The molecule has 0 aromatic carbocycles. The Hall–Kier alpha value is 0.0249. The van der Waals surface area contributed by atoms with Crippen LogP contribution in [0.3, 0.4) is 0 Å². The van der Waals surface area contributed by atoms with Gasteiger partial charge < -0.3 is 4.65 Å². The Morgan fingerprint density at radius 3 is 2.43 bits per heavy atom. The molecule has 0 aromatic rings. The van der Waals surface area contributed by atoms with Crippen LogP contribution in [0.1, 0.15) is 13.3 Å². The minimum absolute atomic E-state index is 0.690. The highest BCUT2D eigenvalue weighted by Gasteiger charge is 2.46. The zero-order valence-corrected chi connectivity index (χ0v) is 4.55. The molecule has 0 amide bonds. The first-order chi connectivity index (χ1) is 3.38. The van der Waals surface area contributed by atoms with Gasteiger partial charge in [-0.1, -0.05) is 6.92 Å². The lowest BCUT2D eigenvalue weighted by molar-refractivity contribution is 0.411. The van der Waals surface area contributed by atoms with Crippen LogP contribution in [-0.4, -0.2) is 13.5 Å². The Morgan fingerprint density at radius 1 is 1.71 bits per heavy atom. The molecule has 0 bridgehead atoms.